The lowest BCUT2D eigenvalue weighted by Gasteiger charge is -2.23. The van der Waals surface area contributed by atoms with Gasteiger partial charge in [0.15, 0.2) is 0 Å². The highest BCUT2D eigenvalue weighted by atomic mass is 32.2. The third-order valence-corrected chi connectivity index (χ3v) is 6.73. The van der Waals surface area contributed by atoms with Gasteiger partial charge in [0.2, 0.25) is 10.0 Å². The second-order valence-corrected chi connectivity index (χ2v) is 8.50. The van der Waals surface area contributed by atoms with Crippen LogP contribution in [0.25, 0.3) is 10.9 Å². The summed E-state index contributed by atoms with van der Waals surface area (Å²) in [7, 11) is -3.32. The SMILES string of the molecule is O=S(=O)(Cc1cccc2cccnc12)N1CCC2CCC(C1)N2. The maximum absolute atomic E-state index is 12.9. The van der Waals surface area contributed by atoms with Gasteiger partial charge in [0, 0.05) is 36.8 Å². The molecular formula is C17H21N3O2S. The number of hydrogen-bond acceptors (Lipinski definition) is 4. The molecule has 122 valence electrons. The van der Waals surface area contributed by atoms with Gasteiger partial charge in [-0.1, -0.05) is 24.3 Å². The number of pyridine rings is 1. The van der Waals surface area contributed by atoms with E-state index in [0.29, 0.717) is 25.2 Å². The average Bonchev–Trinajstić information content (AvgIpc) is 2.86. The first-order valence-corrected chi connectivity index (χ1v) is 9.79. The van der Waals surface area contributed by atoms with E-state index in [0.717, 1.165) is 29.3 Å². The molecule has 5 nitrogen and oxygen atoms in total. The van der Waals surface area contributed by atoms with Gasteiger partial charge in [-0.25, -0.2) is 12.7 Å². The zero-order valence-corrected chi connectivity index (χ0v) is 13.8. The van der Waals surface area contributed by atoms with E-state index in [9.17, 15) is 8.42 Å². The molecule has 0 amide bonds. The van der Waals surface area contributed by atoms with Crippen LogP contribution in [0.2, 0.25) is 0 Å². The van der Waals surface area contributed by atoms with Crippen molar-refractivity contribution < 1.29 is 8.42 Å². The van der Waals surface area contributed by atoms with E-state index in [4.69, 9.17) is 0 Å². The number of nitrogens with one attached hydrogen (secondary N) is 1. The molecule has 3 heterocycles. The van der Waals surface area contributed by atoms with E-state index < -0.39 is 10.0 Å². The molecule has 1 aromatic carbocycles. The zero-order chi connectivity index (χ0) is 15.9. The second kappa shape index (κ2) is 5.85. The number of para-hydroxylation sites is 1. The fourth-order valence-corrected chi connectivity index (χ4v) is 5.33. The Balaban J connectivity index is 1.61. The minimum Gasteiger partial charge on any atom is -0.310 e. The van der Waals surface area contributed by atoms with Crippen molar-refractivity contribution in [3.63, 3.8) is 0 Å². The fourth-order valence-electron chi connectivity index (χ4n) is 3.74. The molecular weight excluding hydrogens is 310 g/mol. The van der Waals surface area contributed by atoms with Crippen molar-refractivity contribution in [3.05, 3.63) is 42.1 Å². The summed E-state index contributed by atoms with van der Waals surface area (Å²) in [5, 5.41) is 4.51. The van der Waals surface area contributed by atoms with E-state index in [1.165, 1.54) is 6.42 Å². The van der Waals surface area contributed by atoms with Crippen LogP contribution in [0.5, 0.6) is 0 Å². The quantitative estimate of drug-likeness (QED) is 0.933. The molecule has 2 aliphatic heterocycles. The molecule has 2 bridgehead atoms. The van der Waals surface area contributed by atoms with Crippen LogP contribution in [0, 0.1) is 0 Å². The minimum atomic E-state index is -3.32. The van der Waals surface area contributed by atoms with Crippen molar-refractivity contribution >= 4 is 20.9 Å². The van der Waals surface area contributed by atoms with Gasteiger partial charge in [0.05, 0.1) is 11.3 Å². The third-order valence-electron chi connectivity index (χ3n) is 4.93. The van der Waals surface area contributed by atoms with E-state index in [1.807, 2.05) is 30.3 Å². The number of aromatic nitrogens is 1. The normalized spacial score (nSPS) is 25.6. The molecule has 2 saturated heterocycles. The van der Waals surface area contributed by atoms with Crippen LogP contribution < -0.4 is 5.32 Å². The van der Waals surface area contributed by atoms with Crippen LogP contribution in [0.15, 0.2) is 36.5 Å². The van der Waals surface area contributed by atoms with Crippen LogP contribution in [0.1, 0.15) is 24.8 Å². The van der Waals surface area contributed by atoms with E-state index >= 15 is 0 Å². The minimum absolute atomic E-state index is 0.0265. The summed E-state index contributed by atoms with van der Waals surface area (Å²) in [4.78, 5) is 4.37. The maximum atomic E-state index is 12.9. The Labute approximate surface area is 136 Å². The molecule has 6 heteroatoms. The zero-order valence-electron chi connectivity index (χ0n) is 13.0. The Morgan fingerprint density at radius 1 is 1.13 bits per heavy atom. The summed E-state index contributed by atoms with van der Waals surface area (Å²) in [6, 6.07) is 10.4. The highest BCUT2D eigenvalue weighted by Gasteiger charge is 2.34. The number of rotatable bonds is 3. The summed E-state index contributed by atoms with van der Waals surface area (Å²) >= 11 is 0. The number of fused-ring (bicyclic) bond motifs is 3. The summed E-state index contributed by atoms with van der Waals surface area (Å²) in [5.41, 5.74) is 1.57. The Kier molecular flexibility index (Phi) is 3.83. The van der Waals surface area contributed by atoms with Crippen molar-refractivity contribution in [2.45, 2.75) is 37.1 Å². The molecule has 1 aromatic heterocycles. The van der Waals surface area contributed by atoms with Gasteiger partial charge >= 0.3 is 0 Å². The topological polar surface area (TPSA) is 62.3 Å². The lowest BCUT2D eigenvalue weighted by molar-refractivity contribution is 0.383. The number of sulfonamides is 1. The molecule has 2 atom stereocenters. The predicted octanol–water partition coefficient (Wildman–Crippen LogP) is 1.89. The van der Waals surface area contributed by atoms with Gasteiger partial charge in [0.25, 0.3) is 0 Å². The van der Waals surface area contributed by atoms with Gasteiger partial charge in [-0.15, -0.1) is 0 Å². The van der Waals surface area contributed by atoms with Crippen molar-refractivity contribution in [2.24, 2.45) is 0 Å². The van der Waals surface area contributed by atoms with E-state index in [-0.39, 0.29) is 5.75 Å². The monoisotopic (exact) mass is 331 g/mol. The highest BCUT2D eigenvalue weighted by Crippen LogP contribution is 2.25. The molecule has 4 rings (SSSR count). The van der Waals surface area contributed by atoms with Crippen molar-refractivity contribution in [3.8, 4) is 0 Å². The van der Waals surface area contributed by atoms with Gasteiger partial charge in [-0.2, -0.15) is 0 Å². The summed E-state index contributed by atoms with van der Waals surface area (Å²) < 4.78 is 27.5. The fraction of sp³-hybridized carbons (Fsp3) is 0.471. The van der Waals surface area contributed by atoms with Crippen molar-refractivity contribution in [2.75, 3.05) is 13.1 Å². The first kappa shape index (κ1) is 15.1. The Bertz CT molecular complexity index is 816. The number of benzene rings is 1. The summed E-state index contributed by atoms with van der Waals surface area (Å²) in [6.07, 6.45) is 4.87. The van der Waals surface area contributed by atoms with E-state index in [2.05, 4.69) is 10.3 Å². The van der Waals surface area contributed by atoms with Gasteiger partial charge in [-0.05, 0) is 30.9 Å². The smallest absolute Gasteiger partial charge is 0.218 e. The Hall–Kier alpha value is -1.50. The molecule has 23 heavy (non-hydrogen) atoms. The van der Waals surface area contributed by atoms with Crippen LogP contribution in [0.3, 0.4) is 0 Å². The summed E-state index contributed by atoms with van der Waals surface area (Å²) in [6.45, 7) is 1.21. The molecule has 0 radical (unpaired) electrons. The standard InChI is InChI=1S/C17H21N3O2S/c21-23(22,20-10-8-15-6-7-16(11-20)19-15)12-14-4-1-3-13-5-2-9-18-17(13)14/h1-5,9,15-16,19H,6-8,10-12H2. The molecule has 0 spiro atoms. The first-order valence-electron chi connectivity index (χ1n) is 8.18. The second-order valence-electron chi connectivity index (χ2n) is 6.53. The number of hydrogen-bond donors (Lipinski definition) is 1. The molecule has 2 unspecified atom stereocenters. The predicted molar refractivity (Wildman–Crippen MR) is 90.5 cm³/mol. The van der Waals surface area contributed by atoms with Crippen LogP contribution in [-0.4, -0.2) is 42.9 Å². The van der Waals surface area contributed by atoms with Crippen LogP contribution in [-0.2, 0) is 15.8 Å². The third kappa shape index (κ3) is 2.98. The lowest BCUT2D eigenvalue weighted by atomic mass is 10.1. The Morgan fingerprint density at radius 2 is 1.96 bits per heavy atom. The van der Waals surface area contributed by atoms with Gasteiger partial charge in [-0.3, -0.25) is 4.98 Å². The number of nitrogens with zero attached hydrogens (tertiary/aromatic N) is 2. The first-order chi connectivity index (χ1) is 11.1. The van der Waals surface area contributed by atoms with E-state index in [1.54, 1.807) is 10.5 Å². The largest absolute Gasteiger partial charge is 0.310 e. The molecule has 2 aliphatic rings. The molecule has 2 fully saturated rings. The van der Waals surface area contributed by atoms with Crippen LogP contribution in [0.4, 0.5) is 0 Å². The van der Waals surface area contributed by atoms with Crippen molar-refractivity contribution in [1.29, 1.82) is 0 Å². The lowest BCUT2D eigenvalue weighted by Crippen LogP contribution is -2.39. The summed E-state index contributed by atoms with van der Waals surface area (Å²) in [5.74, 6) is 0.0265. The molecule has 1 N–H and O–H groups in total. The Morgan fingerprint density at radius 3 is 2.87 bits per heavy atom. The highest BCUT2D eigenvalue weighted by molar-refractivity contribution is 7.88. The molecule has 2 aromatic rings. The maximum Gasteiger partial charge on any atom is 0.218 e. The van der Waals surface area contributed by atoms with Gasteiger partial charge < -0.3 is 5.32 Å². The van der Waals surface area contributed by atoms with Crippen LogP contribution >= 0.6 is 0 Å². The average molecular weight is 331 g/mol. The molecule has 0 saturated carbocycles. The van der Waals surface area contributed by atoms with Gasteiger partial charge in [0.1, 0.15) is 0 Å². The van der Waals surface area contributed by atoms with Crippen molar-refractivity contribution in [1.82, 2.24) is 14.6 Å². The molecule has 0 aliphatic carbocycles.